The average Bonchev–Trinajstić information content (AvgIpc) is 3.06. The Kier molecular flexibility index (Phi) is 14.9. The van der Waals surface area contributed by atoms with E-state index in [2.05, 4.69) is 30.6 Å². The Morgan fingerprint density at radius 2 is 1.33 bits per heavy atom. The van der Waals surface area contributed by atoms with Crippen molar-refractivity contribution < 1.29 is 31.2 Å². The lowest BCUT2D eigenvalue weighted by molar-refractivity contribution is 0.0948. The summed E-state index contributed by atoms with van der Waals surface area (Å²) in [5.74, 6) is -0.320. The van der Waals surface area contributed by atoms with E-state index in [0.717, 1.165) is 61.8 Å². The van der Waals surface area contributed by atoms with Gasteiger partial charge >= 0.3 is 12.1 Å². The van der Waals surface area contributed by atoms with E-state index < -0.39 is 32.1 Å². The quantitative estimate of drug-likeness (QED) is 0.172. The number of carbonyl (C=O) groups excluding carboxylic acids is 3. The highest BCUT2D eigenvalue weighted by molar-refractivity contribution is 7.90. The van der Waals surface area contributed by atoms with Gasteiger partial charge in [-0.15, -0.1) is 0 Å². The molecule has 1 fully saturated rings. The molecule has 0 radical (unpaired) electrons. The van der Waals surface area contributed by atoms with Crippen molar-refractivity contribution in [1.29, 1.82) is 0 Å². The van der Waals surface area contributed by atoms with Gasteiger partial charge in [-0.05, 0) is 69.4 Å². The van der Waals surface area contributed by atoms with Gasteiger partial charge in [0.25, 0.3) is 26.0 Å². The second kappa shape index (κ2) is 18.8. The molecule has 2 aromatic carbocycles. The molecular weight excluding hydrogens is 671 g/mol. The number of amides is 5. The molecule has 266 valence electrons. The molecule has 0 bridgehead atoms. The zero-order valence-corrected chi connectivity index (χ0v) is 29.6. The normalized spacial score (nSPS) is 13.3. The molecule has 1 aliphatic rings. The monoisotopic (exact) mass is 715 g/mol. The number of nitrogens with one attached hydrogen (secondary N) is 5. The summed E-state index contributed by atoms with van der Waals surface area (Å²) in [6.45, 7) is 6.47. The summed E-state index contributed by atoms with van der Waals surface area (Å²) >= 11 is 0. The first-order valence-corrected chi connectivity index (χ1v) is 19.1. The largest absolute Gasteiger partial charge is 0.350 e. The van der Waals surface area contributed by atoms with E-state index >= 15 is 0 Å². The molecule has 49 heavy (non-hydrogen) atoms. The second-order valence-corrected chi connectivity index (χ2v) is 15.0. The Bertz CT molecular complexity index is 1740. The van der Waals surface area contributed by atoms with Gasteiger partial charge < -0.3 is 16.0 Å². The Labute approximate surface area is 288 Å². The van der Waals surface area contributed by atoms with Crippen LogP contribution in [0.4, 0.5) is 9.59 Å². The van der Waals surface area contributed by atoms with Crippen molar-refractivity contribution in [2.45, 2.75) is 88.0 Å². The number of nitrogens with zero attached hydrogens (tertiary/aromatic N) is 2. The molecule has 16 heteroatoms. The van der Waals surface area contributed by atoms with E-state index in [1.54, 1.807) is 31.2 Å². The molecule has 5 amide bonds. The number of urea groups is 2. The number of unbranched alkanes of at least 4 members (excludes halogenated alkanes) is 1. The molecule has 0 aliphatic heterocycles. The van der Waals surface area contributed by atoms with Crippen molar-refractivity contribution in [3.63, 3.8) is 0 Å². The fourth-order valence-corrected chi connectivity index (χ4v) is 6.56. The van der Waals surface area contributed by atoms with Crippen molar-refractivity contribution in [3.05, 3.63) is 83.4 Å². The van der Waals surface area contributed by atoms with Crippen molar-refractivity contribution in [2.24, 2.45) is 0 Å². The average molecular weight is 716 g/mol. The summed E-state index contributed by atoms with van der Waals surface area (Å²) in [5.41, 5.74) is 2.78. The summed E-state index contributed by atoms with van der Waals surface area (Å²) in [6.07, 6.45) is 10.2. The van der Waals surface area contributed by atoms with Crippen LogP contribution in [0.15, 0.2) is 70.7 Å². The molecule has 1 aliphatic carbocycles. The number of hydrogen-bond acceptors (Lipinski definition) is 9. The molecule has 0 atom stereocenters. The minimum atomic E-state index is -3.95. The van der Waals surface area contributed by atoms with E-state index in [1.807, 2.05) is 18.6 Å². The number of aryl methyl sites for hydroxylation is 2. The van der Waals surface area contributed by atoms with Crippen LogP contribution in [0.25, 0.3) is 0 Å². The molecule has 0 unspecified atom stereocenters. The maximum Gasteiger partial charge on any atom is 0.328 e. The van der Waals surface area contributed by atoms with Gasteiger partial charge in [-0.1, -0.05) is 62.4 Å². The summed E-state index contributed by atoms with van der Waals surface area (Å²) in [5, 5.41) is 7.98. The molecule has 3 aromatic rings. The molecular formula is C33H45N7O7S2. The number of rotatable bonds is 12. The van der Waals surface area contributed by atoms with Gasteiger partial charge in [-0.2, -0.15) is 0 Å². The lowest BCUT2D eigenvalue weighted by Crippen LogP contribution is -2.45. The van der Waals surface area contributed by atoms with Gasteiger partial charge in [0.05, 0.1) is 21.7 Å². The van der Waals surface area contributed by atoms with Crippen LogP contribution in [0.1, 0.15) is 79.2 Å². The van der Waals surface area contributed by atoms with E-state index in [1.165, 1.54) is 36.7 Å². The minimum absolute atomic E-state index is 0.00834. The van der Waals surface area contributed by atoms with Gasteiger partial charge in [0.1, 0.15) is 5.69 Å². The van der Waals surface area contributed by atoms with Crippen molar-refractivity contribution >= 4 is 38.0 Å². The predicted octanol–water partition coefficient (Wildman–Crippen LogP) is 3.86. The summed E-state index contributed by atoms with van der Waals surface area (Å²) in [7, 11) is -7.72. The zero-order chi connectivity index (χ0) is 35.9. The van der Waals surface area contributed by atoms with Gasteiger partial charge in [0.2, 0.25) is 0 Å². The molecule has 5 N–H and O–H groups in total. The van der Waals surface area contributed by atoms with Crippen LogP contribution in [0.2, 0.25) is 0 Å². The van der Waals surface area contributed by atoms with E-state index in [-0.39, 0.29) is 27.4 Å². The number of carbonyl (C=O) groups is 3. The number of hydrogen-bond donors (Lipinski definition) is 5. The van der Waals surface area contributed by atoms with Crippen molar-refractivity contribution in [2.75, 3.05) is 13.1 Å². The highest BCUT2D eigenvalue weighted by atomic mass is 32.2. The fraction of sp³-hybridized carbons (Fsp3) is 0.424. The number of benzene rings is 2. The van der Waals surface area contributed by atoms with Crippen LogP contribution in [-0.2, 0) is 26.5 Å². The standard InChI is InChI=1S/C21H27N5O4S.C12H18N2O3S/c1-15-13-24-19(14-23-15)20(27)22-12-11-16-7-9-18(10-8-16)31(29,30)26-21(28)25-17-5-3-2-4-6-17;1-3-4-9-13-12(15)14-18(16,17)11-7-5-10(2)6-8-11/h7-10,13-14,17H,2-6,11-12H2,1H3,(H,22,27)(H2,25,26,28);5-8H,3-4,9H2,1-2H3,(H2,13,14,15). The van der Waals surface area contributed by atoms with Crippen molar-refractivity contribution in [1.82, 2.24) is 35.4 Å². The summed E-state index contributed by atoms with van der Waals surface area (Å²) in [4.78, 5) is 43.6. The Hall–Kier alpha value is -4.57. The lowest BCUT2D eigenvalue weighted by atomic mass is 9.96. The van der Waals surface area contributed by atoms with Gasteiger partial charge in [0, 0.05) is 25.3 Å². The third kappa shape index (κ3) is 13.5. The lowest BCUT2D eigenvalue weighted by Gasteiger charge is -2.22. The van der Waals surface area contributed by atoms with Crippen LogP contribution in [0.3, 0.4) is 0 Å². The van der Waals surface area contributed by atoms with Gasteiger partial charge in [-0.25, -0.2) is 40.9 Å². The first-order chi connectivity index (χ1) is 23.3. The van der Waals surface area contributed by atoms with E-state index in [0.29, 0.717) is 19.5 Å². The maximum absolute atomic E-state index is 12.4. The predicted molar refractivity (Wildman–Crippen MR) is 185 cm³/mol. The Balaban J connectivity index is 0.000000308. The molecule has 14 nitrogen and oxygen atoms in total. The van der Waals surface area contributed by atoms with Gasteiger partial charge in [0.15, 0.2) is 0 Å². The summed E-state index contributed by atoms with van der Waals surface area (Å²) in [6, 6.07) is 11.1. The topological polar surface area (TPSA) is 205 Å². The van der Waals surface area contributed by atoms with Crippen LogP contribution < -0.4 is 25.4 Å². The van der Waals surface area contributed by atoms with Crippen molar-refractivity contribution in [3.8, 4) is 0 Å². The molecule has 1 aromatic heterocycles. The molecule has 0 saturated heterocycles. The smallest absolute Gasteiger partial charge is 0.328 e. The van der Waals surface area contributed by atoms with Crippen LogP contribution in [0, 0.1) is 13.8 Å². The first-order valence-electron chi connectivity index (χ1n) is 16.2. The molecule has 0 spiro atoms. The highest BCUT2D eigenvalue weighted by Gasteiger charge is 2.21. The van der Waals surface area contributed by atoms with E-state index in [9.17, 15) is 31.2 Å². The Morgan fingerprint density at radius 1 is 0.735 bits per heavy atom. The molecule has 1 heterocycles. The maximum atomic E-state index is 12.4. The third-order valence-electron chi connectivity index (χ3n) is 7.49. The SMILES string of the molecule is CCCCNC(=O)NS(=O)(=O)c1ccc(C)cc1.Cc1cnc(C(=O)NCCc2ccc(S(=O)(=O)NC(=O)NC3CCCCC3)cc2)cn1. The second-order valence-electron chi connectivity index (χ2n) is 11.6. The highest BCUT2D eigenvalue weighted by Crippen LogP contribution is 2.17. The number of aromatic nitrogens is 2. The first kappa shape index (κ1) is 38.9. The van der Waals surface area contributed by atoms with Crippen LogP contribution in [-0.4, -0.2) is 63.9 Å². The van der Waals surface area contributed by atoms with Crippen LogP contribution in [0.5, 0.6) is 0 Å². The number of sulfonamides is 2. The Morgan fingerprint density at radius 3 is 1.90 bits per heavy atom. The third-order valence-corrected chi connectivity index (χ3v) is 10.2. The molecule has 4 rings (SSSR count). The minimum Gasteiger partial charge on any atom is -0.350 e. The van der Waals surface area contributed by atoms with Gasteiger partial charge in [-0.3, -0.25) is 9.78 Å². The zero-order valence-electron chi connectivity index (χ0n) is 28.0. The van der Waals surface area contributed by atoms with Crippen LogP contribution >= 0.6 is 0 Å². The van der Waals surface area contributed by atoms with E-state index in [4.69, 9.17) is 0 Å². The fourth-order valence-electron chi connectivity index (χ4n) is 4.71. The molecule has 1 saturated carbocycles. The summed E-state index contributed by atoms with van der Waals surface area (Å²) < 4.78 is 52.6.